The van der Waals surface area contributed by atoms with Gasteiger partial charge in [0, 0.05) is 11.1 Å². The van der Waals surface area contributed by atoms with Crippen LogP contribution in [0.25, 0.3) is 0 Å². The van der Waals surface area contributed by atoms with Crippen molar-refractivity contribution >= 4 is 41.5 Å². The molecule has 0 radical (unpaired) electrons. The van der Waals surface area contributed by atoms with Crippen molar-refractivity contribution in [3.05, 3.63) is 33.8 Å². The van der Waals surface area contributed by atoms with Gasteiger partial charge in [-0.25, -0.2) is 0 Å². The van der Waals surface area contributed by atoms with Crippen LogP contribution in [0.15, 0.2) is 18.2 Å². The van der Waals surface area contributed by atoms with Gasteiger partial charge in [0.05, 0.1) is 10.6 Å². The van der Waals surface area contributed by atoms with Crippen LogP contribution in [0.3, 0.4) is 0 Å². The second kappa shape index (κ2) is 7.34. The first-order chi connectivity index (χ1) is 8.58. The van der Waals surface area contributed by atoms with Gasteiger partial charge in [0.15, 0.2) is 0 Å². The molecule has 2 rings (SSSR count). The third kappa shape index (κ3) is 4.25. The number of hydrogen-bond donors (Lipinski definition) is 2. The zero-order valence-electron chi connectivity index (χ0n) is 10.6. The van der Waals surface area contributed by atoms with Crippen molar-refractivity contribution in [3.63, 3.8) is 0 Å². The van der Waals surface area contributed by atoms with Crippen molar-refractivity contribution < 1.29 is 4.79 Å². The van der Waals surface area contributed by atoms with E-state index in [9.17, 15) is 4.79 Å². The standard InChI is InChI=1S/C13H16Cl2N2O.ClH/c1-8-7-16-5-4-12(8)17-13(18)10-3-2-9(14)6-11(10)15;/h2-3,6,8,12,16H,4-5,7H2,1H3,(H,17,18);1H. The zero-order chi connectivity index (χ0) is 13.1. The summed E-state index contributed by atoms with van der Waals surface area (Å²) in [6.07, 6.45) is 0.943. The van der Waals surface area contributed by atoms with E-state index in [0.717, 1.165) is 19.5 Å². The molecule has 0 saturated carbocycles. The smallest absolute Gasteiger partial charge is 0.253 e. The van der Waals surface area contributed by atoms with E-state index in [-0.39, 0.29) is 24.4 Å². The largest absolute Gasteiger partial charge is 0.349 e. The quantitative estimate of drug-likeness (QED) is 0.878. The van der Waals surface area contributed by atoms with E-state index < -0.39 is 0 Å². The molecule has 1 aliphatic rings. The van der Waals surface area contributed by atoms with Gasteiger partial charge in [-0.3, -0.25) is 4.79 Å². The first kappa shape index (κ1) is 16.6. The molecule has 2 N–H and O–H groups in total. The summed E-state index contributed by atoms with van der Waals surface area (Å²) in [5.74, 6) is 0.296. The summed E-state index contributed by atoms with van der Waals surface area (Å²) < 4.78 is 0. The molecule has 19 heavy (non-hydrogen) atoms. The van der Waals surface area contributed by atoms with Crippen LogP contribution >= 0.6 is 35.6 Å². The van der Waals surface area contributed by atoms with Crippen LogP contribution in [-0.4, -0.2) is 25.0 Å². The van der Waals surface area contributed by atoms with Crippen LogP contribution in [0.1, 0.15) is 23.7 Å². The van der Waals surface area contributed by atoms with Crippen molar-refractivity contribution in [2.24, 2.45) is 5.92 Å². The number of halogens is 3. The highest BCUT2D eigenvalue weighted by molar-refractivity contribution is 6.36. The fourth-order valence-corrected chi connectivity index (χ4v) is 2.64. The summed E-state index contributed by atoms with van der Waals surface area (Å²) in [7, 11) is 0. The van der Waals surface area contributed by atoms with E-state index in [1.54, 1.807) is 18.2 Å². The molecular weight excluding hydrogens is 307 g/mol. The number of nitrogens with one attached hydrogen (secondary N) is 2. The van der Waals surface area contributed by atoms with Gasteiger partial charge >= 0.3 is 0 Å². The average Bonchev–Trinajstić information content (AvgIpc) is 2.32. The molecule has 3 nitrogen and oxygen atoms in total. The van der Waals surface area contributed by atoms with Crippen molar-refractivity contribution in [1.29, 1.82) is 0 Å². The second-order valence-corrected chi connectivity index (χ2v) is 5.52. The Labute approximate surface area is 129 Å². The fraction of sp³-hybridized carbons (Fsp3) is 0.462. The van der Waals surface area contributed by atoms with E-state index in [0.29, 0.717) is 21.5 Å². The number of rotatable bonds is 2. The highest BCUT2D eigenvalue weighted by Crippen LogP contribution is 2.21. The summed E-state index contributed by atoms with van der Waals surface area (Å²) >= 11 is 11.8. The number of hydrogen-bond acceptors (Lipinski definition) is 2. The van der Waals surface area contributed by atoms with Crippen molar-refractivity contribution in [3.8, 4) is 0 Å². The Bertz CT molecular complexity index is 454. The summed E-state index contributed by atoms with van der Waals surface area (Å²) in [6, 6.07) is 5.12. The zero-order valence-corrected chi connectivity index (χ0v) is 12.9. The van der Waals surface area contributed by atoms with Crippen molar-refractivity contribution in [2.75, 3.05) is 13.1 Å². The molecule has 106 valence electrons. The lowest BCUT2D eigenvalue weighted by molar-refractivity contribution is 0.0914. The third-order valence-electron chi connectivity index (χ3n) is 3.28. The van der Waals surface area contributed by atoms with Gasteiger partial charge in [0.25, 0.3) is 5.91 Å². The molecule has 1 amide bonds. The Morgan fingerprint density at radius 2 is 2.16 bits per heavy atom. The van der Waals surface area contributed by atoms with Gasteiger partial charge < -0.3 is 10.6 Å². The van der Waals surface area contributed by atoms with Crippen LogP contribution in [0.2, 0.25) is 10.0 Å². The molecule has 2 unspecified atom stereocenters. The number of carbonyl (C=O) groups is 1. The van der Waals surface area contributed by atoms with Gasteiger partial charge in [-0.1, -0.05) is 30.1 Å². The molecule has 0 aliphatic carbocycles. The van der Waals surface area contributed by atoms with Crippen LogP contribution in [0, 0.1) is 5.92 Å². The SMILES string of the molecule is CC1CNCCC1NC(=O)c1ccc(Cl)cc1Cl.Cl. The van der Waals surface area contributed by atoms with E-state index in [4.69, 9.17) is 23.2 Å². The maximum absolute atomic E-state index is 12.1. The first-order valence-corrected chi connectivity index (χ1v) is 6.80. The molecule has 1 saturated heterocycles. The van der Waals surface area contributed by atoms with Crippen molar-refractivity contribution in [1.82, 2.24) is 10.6 Å². The van der Waals surface area contributed by atoms with Crippen LogP contribution in [-0.2, 0) is 0 Å². The fourth-order valence-electron chi connectivity index (χ4n) is 2.15. The molecule has 1 aliphatic heterocycles. The maximum Gasteiger partial charge on any atom is 0.253 e. The Morgan fingerprint density at radius 1 is 1.42 bits per heavy atom. The van der Waals surface area contributed by atoms with Gasteiger partial charge in [0.2, 0.25) is 0 Å². The number of benzene rings is 1. The molecule has 0 spiro atoms. The van der Waals surface area contributed by atoms with E-state index >= 15 is 0 Å². The Morgan fingerprint density at radius 3 is 2.79 bits per heavy atom. The normalized spacial score (nSPS) is 22.5. The molecule has 6 heteroatoms. The molecule has 1 aromatic carbocycles. The van der Waals surface area contributed by atoms with E-state index in [2.05, 4.69) is 17.6 Å². The molecular formula is C13H17Cl3N2O. The number of carbonyl (C=O) groups excluding carboxylic acids is 1. The molecule has 1 heterocycles. The monoisotopic (exact) mass is 322 g/mol. The van der Waals surface area contributed by atoms with Crippen molar-refractivity contribution in [2.45, 2.75) is 19.4 Å². The van der Waals surface area contributed by atoms with Gasteiger partial charge in [-0.15, -0.1) is 12.4 Å². The minimum absolute atomic E-state index is 0. The average molecular weight is 324 g/mol. The van der Waals surface area contributed by atoms with Gasteiger partial charge in [-0.05, 0) is 43.6 Å². The molecule has 1 fully saturated rings. The number of amides is 1. The molecule has 1 aromatic rings. The minimum atomic E-state index is -0.129. The van der Waals surface area contributed by atoms with E-state index in [1.807, 2.05) is 0 Å². The molecule has 2 atom stereocenters. The molecule has 0 bridgehead atoms. The molecule has 0 aromatic heterocycles. The van der Waals surface area contributed by atoms with E-state index in [1.165, 1.54) is 0 Å². The Hall–Kier alpha value is -0.480. The van der Waals surface area contributed by atoms with Crippen LogP contribution < -0.4 is 10.6 Å². The summed E-state index contributed by atoms with van der Waals surface area (Å²) in [6.45, 7) is 3.99. The number of piperidine rings is 1. The summed E-state index contributed by atoms with van der Waals surface area (Å²) in [4.78, 5) is 12.1. The van der Waals surface area contributed by atoms with Gasteiger partial charge in [-0.2, -0.15) is 0 Å². The predicted molar refractivity (Wildman–Crippen MR) is 81.6 cm³/mol. The lowest BCUT2D eigenvalue weighted by Gasteiger charge is -2.30. The summed E-state index contributed by atoms with van der Waals surface area (Å²) in [5.41, 5.74) is 0.479. The lowest BCUT2D eigenvalue weighted by Crippen LogP contribution is -2.48. The first-order valence-electron chi connectivity index (χ1n) is 6.04. The highest BCUT2D eigenvalue weighted by Gasteiger charge is 2.23. The summed E-state index contributed by atoms with van der Waals surface area (Å²) in [5, 5.41) is 7.26. The Kier molecular flexibility index (Phi) is 6.40. The maximum atomic E-state index is 12.1. The Balaban J connectivity index is 0.00000180. The predicted octanol–water partition coefficient (Wildman–Crippen LogP) is 3.14. The second-order valence-electron chi connectivity index (χ2n) is 4.67. The highest BCUT2D eigenvalue weighted by atomic mass is 35.5. The third-order valence-corrected chi connectivity index (χ3v) is 3.83. The van der Waals surface area contributed by atoms with Crippen LogP contribution in [0.4, 0.5) is 0 Å². The topological polar surface area (TPSA) is 41.1 Å². The van der Waals surface area contributed by atoms with Crippen LogP contribution in [0.5, 0.6) is 0 Å². The minimum Gasteiger partial charge on any atom is -0.349 e. The lowest BCUT2D eigenvalue weighted by atomic mass is 9.95. The van der Waals surface area contributed by atoms with Gasteiger partial charge in [0.1, 0.15) is 0 Å².